The molecule has 2 aromatic rings. The number of likely N-dealkylation sites (N-methyl/N-ethyl adjacent to an activating group) is 1. The average molecular weight is 354 g/mol. The van der Waals surface area contributed by atoms with Crippen LogP contribution in [0.5, 0.6) is 5.88 Å². The number of nitrogens with one attached hydrogen (secondary N) is 1. The topological polar surface area (TPSA) is 78.3 Å². The van der Waals surface area contributed by atoms with Crippen molar-refractivity contribution in [3.05, 3.63) is 49.6 Å². The molecule has 112 valence electrons. The van der Waals surface area contributed by atoms with Crippen molar-refractivity contribution in [1.29, 1.82) is 0 Å². The zero-order valence-electron chi connectivity index (χ0n) is 11.8. The Hall–Kier alpha value is -1.86. The van der Waals surface area contributed by atoms with Crippen LogP contribution in [0.3, 0.4) is 0 Å². The van der Waals surface area contributed by atoms with E-state index in [2.05, 4.69) is 20.9 Å². The fraction of sp³-hybridized carbons (Fsp3) is 0.286. The molecule has 0 fully saturated rings. The van der Waals surface area contributed by atoms with Gasteiger partial charge in [-0.15, -0.1) is 0 Å². The van der Waals surface area contributed by atoms with Gasteiger partial charge < -0.3 is 10.0 Å². The summed E-state index contributed by atoms with van der Waals surface area (Å²) in [5.41, 5.74) is -0.558. The highest BCUT2D eigenvalue weighted by molar-refractivity contribution is 9.10. The number of aromatic amines is 1. The van der Waals surface area contributed by atoms with Gasteiger partial charge in [0.25, 0.3) is 5.56 Å². The largest absolute Gasteiger partial charge is 0.494 e. The van der Waals surface area contributed by atoms with E-state index in [4.69, 9.17) is 0 Å². The van der Waals surface area contributed by atoms with Gasteiger partial charge in [-0.05, 0) is 31.8 Å². The Kier molecular flexibility index (Phi) is 4.64. The Bertz CT molecular complexity index is 748. The smallest absolute Gasteiger partial charge is 0.331 e. The van der Waals surface area contributed by atoms with E-state index in [0.29, 0.717) is 12.1 Å². The van der Waals surface area contributed by atoms with Crippen molar-refractivity contribution >= 4 is 15.9 Å². The predicted molar refractivity (Wildman–Crippen MR) is 84.7 cm³/mol. The van der Waals surface area contributed by atoms with Crippen molar-refractivity contribution in [2.24, 2.45) is 0 Å². The van der Waals surface area contributed by atoms with Crippen LogP contribution >= 0.6 is 15.9 Å². The SMILES string of the molecule is CN(C)CCn1c(O)c(-c2ccc(Br)cc2)c(=O)[nH]c1=O. The lowest BCUT2D eigenvalue weighted by atomic mass is 10.1. The first-order chi connectivity index (χ1) is 9.90. The summed E-state index contributed by atoms with van der Waals surface area (Å²) in [6.45, 7) is 0.858. The molecule has 2 rings (SSSR count). The van der Waals surface area contributed by atoms with Gasteiger partial charge in [0.15, 0.2) is 0 Å². The first-order valence-electron chi connectivity index (χ1n) is 6.37. The highest BCUT2D eigenvalue weighted by atomic mass is 79.9. The quantitative estimate of drug-likeness (QED) is 0.866. The Morgan fingerprint density at radius 3 is 2.43 bits per heavy atom. The fourth-order valence-corrected chi connectivity index (χ4v) is 2.21. The minimum absolute atomic E-state index is 0.0980. The molecule has 2 N–H and O–H groups in total. The number of halogens is 1. The van der Waals surface area contributed by atoms with Crippen LogP contribution in [0.2, 0.25) is 0 Å². The molecule has 0 spiro atoms. The maximum Gasteiger partial charge on any atom is 0.331 e. The number of hydrogen-bond donors (Lipinski definition) is 2. The van der Waals surface area contributed by atoms with Crippen molar-refractivity contribution in [2.75, 3.05) is 20.6 Å². The second kappa shape index (κ2) is 6.28. The van der Waals surface area contributed by atoms with Gasteiger partial charge in [-0.3, -0.25) is 14.3 Å². The number of rotatable bonds is 4. The van der Waals surface area contributed by atoms with Crippen molar-refractivity contribution < 1.29 is 5.11 Å². The van der Waals surface area contributed by atoms with Crippen LogP contribution in [0, 0.1) is 0 Å². The van der Waals surface area contributed by atoms with Crippen molar-refractivity contribution in [3.63, 3.8) is 0 Å². The van der Waals surface area contributed by atoms with Gasteiger partial charge in [0.1, 0.15) is 5.56 Å². The normalized spacial score (nSPS) is 11.0. The summed E-state index contributed by atoms with van der Waals surface area (Å²) in [4.78, 5) is 27.9. The number of H-pyrrole nitrogens is 1. The van der Waals surface area contributed by atoms with Gasteiger partial charge in [0.05, 0.1) is 0 Å². The zero-order valence-corrected chi connectivity index (χ0v) is 13.3. The van der Waals surface area contributed by atoms with Crippen LogP contribution in [0.4, 0.5) is 0 Å². The molecule has 6 nitrogen and oxygen atoms in total. The van der Waals surface area contributed by atoms with E-state index in [0.717, 1.165) is 4.47 Å². The number of hydrogen-bond acceptors (Lipinski definition) is 4. The molecule has 0 aliphatic heterocycles. The Labute approximate surface area is 129 Å². The molecule has 0 amide bonds. The van der Waals surface area contributed by atoms with Crippen LogP contribution in [0.1, 0.15) is 0 Å². The number of aromatic hydroxyl groups is 1. The molecule has 1 aromatic carbocycles. The standard InChI is InChI=1S/C14H16BrN3O3/c1-17(2)7-8-18-13(20)11(12(19)16-14(18)21)9-3-5-10(15)6-4-9/h3-6,20H,7-8H2,1-2H3,(H,16,19,21). The molecule has 21 heavy (non-hydrogen) atoms. The van der Waals surface area contributed by atoms with Gasteiger partial charge in [-0.1, -0.05) is 28.1 Å². The molecule has 0 radical (unpaired) electrons. The molecular weight excluding hydrogens is 338 g/mol. The highest BCUT2D eigenvalue weighted by Crippen LogP contribution is 2.25. The summed E-state index contributed by atoms with van der Waals surface area (Å²) in [5.74, 6) is -0.312. The molecule has 0 atom stereocenters. The van der Waals surface area contributed by atoms with Crippen LogP contribution in [-0.4, -0.2) is 40.2 Å². The van der Waals surface area contributed by atoms with Crippen molar-refractivity contribution in [3.8, 4) is 17.0 Å². The Morgan fingerprint density at radius 1 is 1.24 bits per heavy atom. The van der Waals surface area contributed by atoms with Crippen LogP contribution in [0.25, 0.3) is 11.1 Å². The van der Waals surface area contributed by atoms with Crippen molar-refractivity contribution in [1.82, 2.24) is 14.5 Å². The summed E-state index contributed by atoms with van der Waals surface area (Å²) in [6.07, 6.45) is 0. The first-order valence-corrected chi connectivity index (χ1v) is 7.16. The lowest BCUT2D eigenvalue weighted by molar-refractivity contribution is 0.347. The van der Waals surface area contributed by atoms with E-state index < -0.39 is 11.2 Å². The molecule has 0 aliphatic rings. The maximum atomic E-state index is 12.0. The third kappa shape index (κ3) is 3.43. The summed E-state index contributed by atoms with van der Waals surface area (Å²) in [5, 5.41) is 10.3. The number of nitrogens with zero attached hydrogens (tertiary/aromatic N) is 2. The van der Waals surface area contributed by atoms with Gasteiger partial charge in [-0.25, -0.2) is 4.79 Å². The maximum absolute atomic E-state index is 12.0. The first kappa shape index (κ1) is 15.5. The molecule has 7 heteroatoms. The van der Waals surface area contributed by atoms with Gasteiger partial charge in [0.2, 0.25) is 5.88 Å². The Balaban J connectivity index is 2.56. The molecule has 0 bridgehead atoms. The molecule has 1 heterocycles. The molecule has 0 unspecified atom stereocenters. The van der Waals surface area contributed by atoms with Gasteiger partial charge in [0, 0.05) is 17.6 Å². The molecule has 0 saturated carbocycles. The van der Waals surface area contributed by atoms with E-state index in [1.807, 2.05) is 19.0 Å². The second-order valence-corrected chi connectivity index (χ2v) is 5.84. The highest BCUT2D eigenvalue weighted by Gasteiger charge is 2.15. The van der Waals surface area contributed by atoms with E-state index >= 15 is 0 Å². The number of benzene rings is 1. The summed E-state index contributed by atoms with van der Waals surface area (Å²) < 4.78 is 2.03. The minimum atomic E-state index is -0.611. The molecular formula is C14H16BrN3O3. The third-order valence-corrected chi connectivity index (χ3v) is 3.60. The Morgan fingerprint density at radius 2 is 1.86 bits per heavy atom. The zero-order chi connectivity index (χ0) is 15.6. The lowest BCUT2D eigenvalue weighted by Crippen LogP contribution is -2.33. The van der Waals surface area contributed by atoms with Crippen LogP contribution < -0.4 is 11.2 Å². The summed E-state index contributed by atoms with van der Waals surface area (Å²) in [7, 11) is 3.73. The summed E-state index contributed by atoms with van der Waals surface area (Å²) >= 11 is 3.31. The predicted octanol–water partition coefficient (Wildman–Crippen LogP) is 1.23. The van der Waals surface area contributed by atoms with E-state index in [1.54, 1.807) is 24.3 Å². The monoisotopic (exact) mass is 353 g/mol. The fourth-order valence-electron chi connectivity index (χ4n) is 1.94. The van der Waals surface area contributed by atoms with Crippen LogP contribution in [-0.2, 0) is 6.54 Å². The summed E-state index contributed by atoms with van der Waals surface area (Å²) in [6, 6.07) is 6.94. The average Bonchev–Trinajstić information content (AvgIpc) is 2.40. The minimum Gasteiger partial charge on any atom is -0.494 e. The van der Waals surface area contributed by atoms with E-state index in [9.17, 15) is 14.7 Å². The van der Waals surface area contributed by atoms with Gasteiger partial charge >= 0.3 is 5.69 Å². The third-order valence-electron chi connectivity index (χ3n) is 3.08. The molecule has 0 aliphatic carbocycles. The van der Waals surface area contributed by atoms with E-state index in [1.165, 1.54) is 4.57 Å². The lowest BCUT2D eigenvalue weighted by Gasteiger charge is -2.14. The molecule has 1 aromatic heterocycles. The van der Waals surface area contributed by atoms with E-state index in [-0.39, 0.29) is 18.0 Å². The van der Waals surface area contributed by atoms with Gasteiger partial charge in [-0.2, -0.15) is 0 Å². The number of aromatic nitrogens is 2. The van der Waals surface area contributed by atoms with Crippen LogP contribution in [0.15, 0.2) is 38.3 Å². The van der Waals surface area contributed by atoms with Crippen molar-refractivity contribution in [2.45, 2.75) is 6.54 Å². The molecule has 0 saturated heterocycles. The second-order valence-electron chi connectivity index (χ2n) is 4.92.